The normalized spacial score (nSPS) is 11.7. The summed E-state index contributed by atoms with van der Waals surface area (Å²) in [5, 5.41) is 0. The van der Waals surface area contributed by atoms with Crippen LogP contribution < -0.4 is 0 Å². The molecule has 0 aliphatic heterocycles. The van der Waals surface area contributed by atoms with Gasteiger partial charge in [0.05, 0.1) is 23.5 Å². The maximum absolute atomic E-state index is 12.5. The zero-order valence-corrected chi connectivity index (χ0v) is 15.4. The minimum absolute atomic E-state index is 0.139. The lowest BCUT2D eigenvalue weighted by atomic mass is 10.2. The van der Waals surface area contributed by atoms with Gasteiger partial charge in [-0.1, -0.05) is 48.5 Å². The van der Waals surface area contributed by atoms with Crippen LogP contribution in [0.1, 0.15) is 17.7 Å². The summed E-state index contributed by atoms with van der Waals surface area (Å²) in [4.78, 5) is 2.61. The number of benzene rings is 2. The van der Waals surface area contributed by atoms with Gasteiger partial charge < -0.3 is 4.42 Å². The van der Waals surface area contributed by atoms with Gasteiger partial charge >= 0.3 is 0 Å². The van der Waals surface area contributed by atoms with Crippen molar-refractivity contribution in [3.8, 4) is 0 Å². The summed E-state index contributed by atoms with van der Waals surface area (Å²) in [6, 6.07) is 22.6. The summed E-state index contributed by atoms with van der Waals surface area (Å²) in [5.41, 5.74) is 1.20. The van der Waals surface area contributed by atoms with Crippen molar-refractivity contribution in [2.45, 2.75) is 24.4 Å². The van der Waals surface area contributed by atoms with E-state index in [4.69, 9.17) is 4.42 Å². The van der Waals surface area contributed by atoms with E-state index in [-0.39, 0.29) is 5.75 Å². The fraction of sp³-hybridized carbons (Fsp3) is 0.238. The average Bonchev–Trinajstić information content (AvgIpc) is 3.16. The molecule has 0 radical (unpaired) electrons. The minimum atomic E-state index is -3.24. The molecule has 3 aromatic rings. The first kappa shape index (κ1) is 18.4. The van der Waals surface area contributed by atoms with Crippen LogP contribution in [0, 0.1) is 0 Å². The standard InChI is InChI=1S/C21H23NO3S/c23-26(24,21-12-5-2-6-13-21)16-8-14-22(18-20-11-7-15-25-20)17-19-9-3-1-4-10-19/h1-7,9-13,15H,8,14,16-18H2. The predicted molar refractivity (Wildman–Crippen MR) is 102 cm³/mol. The highest BCUT2D eigenvalue weighted by Gasteiger charge is 2.15. The van der Waals surface area contributed by atoms with E-state index in [1.807, 2.05) is 36.4 Å². The first-order valence-electron chi connectivity index (χ1n) is 8.70. The summed E-state index contributed by atoms with van der Waals surface area (Å²) in [5.74, 6) is 1.02. The maximum Gasteiger partial charge on any atom is 0.178 e. The van der Waals surface area contributed by atoms with Crippen molar-refractivity contribution >= 4 is 9.84 Å². The van der Waals surface area contributed by atoms with Gasteiger partial charge in [-0.2, -0.15) is 0 Å². The van der Waals surface area contributed by atoms with Gasteiger partial charge in [-0.3, -0.25) is 4.90 Å². The Labute approximate surface area is 155 Å². The molecule has 26 heavy (non-hydrogen) atoms. The quantitative estimate of drug-likeness (QED) is 0.569. The van der Waals surface area contributed by atoms with Gasteiger partial charge in [-0.05, 0) is 42.8 Å². The van der Waals surface area contributed by atoms with Gasteiger partial charge in [0, 0.05) is 6.54 Å². The Balaban J connectivity index is 1.62. The summed E-state index contributed by atoms with van der Waals surface area (Å²) >= 11 is 0. The van der Waals surface area contributed by atoms with Crippen molar-refractivity contribution < 1.29 is 12.8 Å². The van der Waals surface area contributed by atoms with E-state index in [9.17, 15) is 8.42 Å². The zero-order chi connectivity index (χ0) is 18.2. The molecular formula is C21H23NO3S. The van der Waals surface area contributed by atoms with Crippen LogP contribution in [0.4, 0.5) is 0 Å². The molecule has 1 heterocycles. The molecule has 0 fully saturated rings. The summed E-state index contributed by atoms with van der Waals surface area (Å²) in [6.45, 7) is 2.10. The number of hydrogen-bond acceptors (Lipinski definition) is 4. The zero-order valence-electron chi connectivity index (χ0n) is 14.6. The van der Waals surface area contributed by atoms with Crippen LogP contribution in [0.2, 0.25) is 0 Å². The van der Waals surface area contributed by atoms with Crippen molar-refractivity contribution in [2.24, 2.45) is 0 Å². The molecule has 0 bridgehead atoms. The van der Waals surface area contributed by atoms with Crippen LogP contribution in [-0.2, 0) is 22.9 Å². The SMILES string of the molecule is O=S(=O)(CCCN(Cc1ccccc1)Cc1ccco1)c1ccccc1. The van der Waals surface area contributed by atoms with Crippen molar-refractivity contribution in [3.05, 3.63) is 90.4 Å². The molecule has 3 rings (SSSR count). The van der Waals surface area contributed by atoms with Crippen LogP contribution in [0.25, 0.3) is 0 Å². The molecular weight excluding hydrogens is 346 g/mol. The van der Waals surface area contributed by atoms with Gasteiger partial charge in [-0.15, -0.1) is 0 Å². The van der Waals surface area contributed by atoms with E-state index in [1.165, 1.54) is 5.56 Å². The molecule has 4 nitrogen and oxygen atoms in total. The lowest BCUT2D eigenvalue weighted by Gasteiger charge is -2.21. The molecule has 1 aromatic heterocycles. The molecule has 0 spiro atoms. The third-order valence-corrected chi connectivity index (χ3v) is 6.01. The third kappa shape index (κ3) is 5.31. The smallest absolute Gasteiger partial charge is 0.178 e. The largest absolute Gasteiger partial charge is 0.468 e. The Hall–Kier alpha value is -2.37. The first-order valence-corrected chi connectivity index (χ1v) is 10.4. The second-order valence-corrected chi connectivity index (χ2v) is 8.37. The Morgan fingerprint density at radius 3 is 2.15 bits per heavy atom. The highest BCUT2D eigenvalue weighted by molar-refractivity contribution is 7.91. The summed E-state index contributed by atoms with van der Waals surface area (Å²) < 4.78 is 30.4. The maximum atomic E-state index is 12.5. The van der Waals surface area contributed by atoms with E-state index in [0.29, 0.717) is 24.4 Å². The lowest BCUT2D eigenvalue weighted by molar-refractivity contribution is 0.236. The number of rotatable bonds is 9. The van der Waals surface area contributed by atoms with Crippen molar-refractivity contribution in [2.75, 3.05) is 12.3 Å². The highest BCUT2D eigenvalue weighted by Crippen LogP contribution is 2.14. The van der Waals surface area contributed by atoms with Gasteiger partial charge in [0.25, 0.3) is 0 Å². The third-order valence-electron chi connectivity index (χ3n) is 4.20. The molecule has 0 aliphatic carbocycles. The Morgan fingerprint density at radius 2 is 1.50 bits per heavy atom. The van der Waals surface area contributed by atoms with Gasteiger partial charge in [0.2, 0.25) is 0 Å². The molecule has 0 atom stereocenters. The molecule has 0 N–H and O–H groups in total. The van der Waals surface area contributed by atoms with E-state index >= 15 is 0 Å². The van der Waals surface area contributed by atoms with Crippen molar-refractivity contribution in [1.29, 1.82) is 0 Å². The van der Waals surface area contributed by atoms with Gasteiger partial charge in [-0.25, -0.2) is 8.42 Å². The van der Waals surface area contributed by atoms with E-state index < -0.39 is 9.84 Å². The van der Waals surface area contributed by atoms with E-state index in [2.05, 4.69) is 17.0 Å². The van der Waals surface area contributed by atoms with Crippen molar-refractivity contribution in [3.63, 3.8) is 0 Å². The first-order chi connectivity index (χ1) is 12.6. The Morgan fingerprint density at radius 1 is 0.808 bits per heavy atom. The summed E-state index contributed by atoms with van der Waals surface area (Å²) in [6.07, 6.45) is 2.24. The molecule has 136 valence electrons. The number of hydrogen-bond donors (Lipinski definition) is 0. The van der Waals surface area contributed by atoms with Crippen LogP contribution in [0.5, 0.6) is 0 Å². The molecule has 0 saturated heterocycles. The van der Waals surface area contributed by atoms with Crippen LogP contribution in [0.3, 0.4) is 0 Å². The Bertz CT molecular complexity index is 876. The van der Waals surface area contributed by atoms with Crippen LogP contribution in [0.15, 0.2) is 88.4 Å². The van der Waals surface area contributed by atoms with E-state index in [1.54, 1.807) is 30.5 Å². The molecule has 0 unspecified atom stereocenters. The number of nitrogens with zero attached hydrogens (tertiary/aromatic N) is 1. The number of sulfone groups is 1. The monoisotopic (exact) mass is 369 g/mol. The topological polar surface area (TPSA) is 50.5 Å². The number of furan rings is 1. The van der Waals surface area contributed by atoms with Gasteiger partial charge in [0.15, 0.2) is 9.84 Å². The summed E-state index contributed by atoms with van der Waals surface area (Å²) in [7, 11) is -3.24. The van der Waals surface area contributed by atoms with E-state index in [0.717, 1.165) is 12.3 Å². The van der Waals surface area contributed by atoms with Crippen LogP contribution in [-0.4, -0.2) is 25.6 Å². The Kier molecular flexibility index (Phi) is 6.26. The highest BCUT2D eigenvalue weighted by atomic mass is 32.2. The molecule has 0 amide bonds. The van der Waals surface area contributed by atoms with Gasteiger partial charge in [0.1, 0.15) is 5.76 Å². The molecule has 2 aromatic carbocycles. The second-order valence-electron chi connectivity index (χ2n) is 6.26. The lowest BCUT2D eigenvalue weighted by Crippen LogP contribution is -2.25. The molecule has 0 aliphatic rings. The second kappa shape index (κ2) is 8.83. The van der Waals surface area contributed by atoms with Crippen molar-refractivity contribution in [1.82, 2.24) is 4.90 Å². The average molecular weight is 369 g/mol. The molecule has 5 heteroatoms. The fourth-order valence-corrected chi connectivity index (χ4v) is 4.22. The predicted octanol–water partition coefficient (Wildman–Crippen LogP) is 4.15. The minimum Gasteiger partial charge on any atom is -0.468 e. The molecule has 0 saturated carbocycles. The van der Waals surface area contributed by atoms with Crippen LogP contribution >= 0.6 is 0 Å². The fourth-order valence-electron chi connectivity index (χ4n) is 2.90.